The van der Waals surface area contributed by atoms with E-state index in [1.807, 2.05) is 42.7 Å². The van der Waals surface area contributed by atoms with E-state index in [4.69, 9.17) is 9.05 Å². The van der Waals surface area contributed by atoms with Crippen molar-refractivity contribution in [1.82, 2.24) is 9.55 Å². The number of para-hydroxylation sites is 2. The van der Waals surface area contributed by atoms with Gasteiger partial charge in [-0.25, -0.2) is 4.98 Å². The van der Waals surface area contributed by atoms with E-state index < -0.39 is 7.60 Å². The molecule has 0 bridgehead atoms. The average molecular weight is 282 g/mol. The predicted octanol–water partition coefficient (Wildman–Crippen LogP) is 3.30. The molecule has 104 valence electrons. The van der Waals surface area contributed by atoms with Gasteiger partial charge >= 0.3 is 7.60 Å². The van der Waals surface area contributed by atoms with E-state index in [-0.39, 0.29) is 0 Å². The topological polar surface area (TPSA) is 53.4 Å². The third-order valence-corrected chi connectivity index (χ3v) is 4.84. The Morgan fingerprint density at radius 2 is 1.89 bits per heavy atom. The highest BCUT2D eigenvalue weighted by atomic mass is 31.2. The minimum Gasteiger partial charge on any atom is -0.330 e. The van der Waals surface area contributed by atoms with Crippen molar-refractivity contribution in [2.75, 3.05) is 19.4 Å². The van der Waals surface area contributed by atoms with E-state index in [2.05, 4.69) is 4.98 Å². The molecule has 0 aliphatic rings. The number of aryl methyl sites for hydroxylation is 1. The Kier molecular flexibility index (Phi) is 4.75. The van der Waals surface area contributed by atoms with E-state index in [1.54, 1.807) is 6.33 Å². The Balaban J connectivity index is 2.10. The average Bonchev–Trinajstić information content (AvgIpc) is 2.80. The fraction of sp³-hybridized carbons (Fsp3) is 0.462. The van der Waals surface area contributed by atoms with Crippen molar-refractivity contribution in [3.8, 4) is 0 Å². The molecule has 6 heteroatoms. The number of imidazole rings is 1. The normalized spacial score (nSPS) is 12.1. The summed E-state index contributed by atoms with van der Waals surface area (Å²) < 4.78 is 24.9. The fourth-order valence-electron chi connectivity index (χ4n) is 1.98. The zero-order valence-electron chi connectivity index (χ0n) is 11.3. The van der Waals surface area contributed by atoms with Crippen LogP contribution in [0.4, 0.5) is 0 Å². The first-order valence-corrected chi connectivity index (χ1v) is 8.19. The SMILES string of the molecule is CCOP(=O)(CCn1cnc2ccccc21)OCC. The molecule has 0 spiro atoms. The number of nitrogens with zero attached hydrogens (tertiary/aromatic N) is 2. The molecule has 1 aromatic carbocycles. The summed E-state index contributed by atoms with van der Waals surface area (Å²) in [7, 11) is -2.99. The molecule has 0 amide bonds. The lowest BCUT2D eigenvalue weighted by Gasteiger charge is -2.17. The molecule has 1 aromatic heterocycles. The fourth-order valence-corrected chi connectivity index (χ4v) is 3.56. The molecular formula is C13H19N2O3P. The first kappa shape index (κ1) is 14.3. The zero-order chi connectivity index (χ0) is 13.7. The van der Waals surface area contributed by atoms with Crippen molar-refractivity contribution in [3.05, 3.63) is 30.6 Å². The molecule has 0 aliphatic heterocycles. The number of fused-ring (bicyclic) bond motifs is 1. The first-order chi connectivity index (χ1) is 9.18. The van der Waals surface area contributed by atoms with Crippen LogP contribution in [0.3, 0.4) is 0 Å². The highest BCUT2D eigenvalue weighted by Gasteiger charge is 2.23. The minimum atomic E-state index is -2.99. The van der Waals surface area contributed by atoms with Crippen molar-refractivity contribution in [2.45, 2.75) is 20.4 Å². The smallest absolute Gasteiger partial charge is 0.330 e. The molecule has 0 fully saturated rings. The van der Waals surface area contributed by atoms with E-state index in [0.717, 1.165) is 11.0 Å². The predicted molar refractivity (Wildman–Crippen MR) is 75.5 cm³/mol. The van der Waals surface area contributed by atoms with Gasteiger partial charge in [0.25, 0.3) is 0 Å². The van der Waals surface area contributed by atoms with Gasteiger partial charge in [-0.1, -0.05) is 12.1 Å². The van der Waals surface area contributed by atoms with Gasteiger partial charge in [0.15, 0.2) is 0 Å². The maximum atomic E-state index is 12.4. The molecule has 2 aromatic rings. The third-order valence-electron chi connectivity index (χ3n) is 2.79. The second kappa shape index (κ2) is 6.33. The van der Waals surface area contributed by atoms with Crippen LogP contribution in [-0.4, -0.2) is 28.9 Å². The van der Waals surface area contributed by atoms with Crippen molar-refractivity contribution in [1.29, 1.82) is 0 Å². The van der Waals surface area contributed by atoms with Gasteiger partial charge in [0.1, 0.15) is 0 Å². The largest absolute Gasteiger partial charge is 0.332 e. The second-order valence-corrected chi connectivity index (χ2v) is 6.28. The van der Waals surface area contributed by atoms with Gasteiger partial charge in [0.2, 0.25) is 0 Å². The Bertz CT molecular complexity index is 572. The number of rotatable bonds is 7. The molecule has 2 rings (SSSR count). The van der Waals surface area contributed by atoms with Gasteiger partial charge in [-0.05, 0) is 26.0 Å². The zero-order valence-corrected chi connectivity index (χ0v) is 12.2. The first-order valence-electron chi connectivity index (χ1n) is 6.46. The molecule has 0 atom stereocenters. The molecule has 0 saturated carbocycles. The standard InChI is InChI=1S/C13H19N2O3P/c1-3-17-19(16,18-4-2)10-9-15-11-14-12-7-5-6-8-13(12)15/h5-8,11H,3-4,9-10H2,1-2H3. The molecule has 0 radical (unpaired) electrons. The van der Waals surface area contributed by atoms with Crippen molar-refractivity contribution < 1.29 is 13.6 Å². The van der Waals surface area contributed by atoms with Crippen LogP contribution in [0.5, 0.6) is 0 Å². The van der Waals surface area contributed by atoms with E-state index >= 15 is 0 Å². The van der Waals surface area contributed by atoms with Crippen LogP contribution in [-0.2, 0) is 20.2 Å². The highest BCUT2D eigenvalue weighted by Crippen LogP contribution is 2.47. The lowest BCUT2D eigenvalue weighted by Crippen LogP contribution is -2.06. The molecule has 19 heavy (non-hydrogen) atoms. The molecule has 0 N–H and O–H groups in total. The van der Waals surface area contributed by atoms with Crippen LogP contribution in [0.15, 0.2) is 30.6 Å². The van der Waals surface area contributed by atoms with Crippen LogP contribution in [0.2, 0.25) is 0 Å². The van der Waals surface area contributed by atoms with Gasteiger partial charge < -0.3 is 13.6 Å². The Morgan fingerprint density at radius 3 is 2.58 bits per heavy atom. The Labute approximate surface area is 113 Å². The van der Waals surface area contributed by atoms with Gasteiger partial charge in [-0.3, -0.25) is 4.57 Å². The number of hydrogen-bond acceptors (Lipinski definition) is 4. The summed E-state index contributed by atoms with van der Waals surface area (Å²) >= 11 is 0. The van der Waals surface area contributed by atoms with E-state index in [0.29, 0.717) is 25.9 Å². The number of benzene rings is 1. The van der Waals surface area contributed by atoms with Crippen molar-refractivity contribution in [3.63, 3.8) is 0 Å². The summed E-state index contributed by atoms with van der Waals surface area (Å²) in [6.07, 6.45) is 2.11. The van der Waals surface area contributed by atoms with E-state index in [1.165, 1.54) is 0 Å². The number of aromatic nitrogens is 2. The third kappa shape index (κ3) is 3.44. The second-order valence-electron chi connectivity index (χ2n) is 4.10. The molecule has 5 nitrogen and oxygen atoms in total. The van der Waals surface area contributed by atoms with Crippen LogP contribution in [0.1, 0.15) is 13.8 Å². The summed E-state index contributed by atoms with van der Waals surface area (Å²) in [5.74, 6) is 0. The summed E-state index contributed by atoms with van der Waals surface area (Å²) in [6.45, 7) is 4.98. The quantitative estimate of drug-likeness (QED) is 0.731. The Hall–Kier alpha value is -1.16. The maximum absolute atomic E-state index is 12.4. The van der Waals surface area contributed by atoms with Gasteiger partial charge in [0.05, 0.1) is 36.7 Å². The van der Waals surface area contributed by atoms with Crippen molar-refractivity contribution >= 4 is 18.6 Å². The van der Waals surface area contributed by atoms with Gasteiger partial charge in [-0.2, -0.15) is 0 Å². The number of hydrogen-bond donors (Lipinski definition) is 0. The van der Waals surface area contributed by atoms with Gasteiger partial charge in [0, 0.05) is 6.54 Å². The van der Waals surface area contributed by atoms with Gasteiger partial charge in [-0.15, -0.1) is 0 Å². The van der Waals surface area contributed by atoms with Crippen LogP contribution >= 0.6 is 7.60 Å². The van der Waals surface area contributed by atoms with E-state index in [9.17, 15) is 4.57 Å². The van der Waals surface area contributed by atoms with Crippen LogP contribution in [0, 0.1) is 0 Å². The Morgan fingerprint density at radius 1 is 1.21 bits per heavy atom. The minimum absolute atomic E-state index is 0.356. The maximum Gasteiger partial charge on any atom is 0.332 e. The molecule has 0 unspecified atom stereocenters. The molecular weight excluding hydrogens is 263 g/mol. The molecule has 0 aliphatic carbocycles. The van der Waals surface area contributed by atoms with Crippen molar-refractivity contribution in [2.24, 2.45) is 0 Å². The molecule has 0 saturated heterocycles. The highest BCUT2D eigenvalue weighted by molar-refractivity contribution is 7.53. The lowest BCUT2D eigenvalue weighted by atomic mass is 10.3. The van der Waals surface area contributed by atoms with Crippen LogP contribution in [0.25, 0.3) is 11.0 Å². The monoisotopic (exact) mass is 282 g/mol. The molecule has 1 heterocycles. The lowest BCUT2D eigenvalue weighted by molar-refractivity contribution is 0.219. The summed E-state index contributed by atoms with van der Waals surface area (Å²) in [5, 5.41) is 0. The van der Waals surface area contributed by atoms with Crippen LogP contribution < -0.4 is 0 Å². The summed E-state index contributed by atoms with van der Waals surface area (Å²) in [4.78, 5) is 4.30. The summed E-state index contributed by atoms with van der Waals surface area (Å²) in [5.41, 5.74) is 1.96. The summed E-state index contributed by atoms with van der Waals surface area (Å²) in [6, 6.07) is 7.86.